The average Bonchev–Trinajstić information content (AvgIpc) is 3.06. The number of rotatable bonds is 5. The molecule has 7 nitrogen and oxygen atoms in total. The summed E-state index contributed by atoms with van der Waals surface area (Å²) in [5.41, 5.74) is 8.99. The van der Waals surface area contributed by atoms with Gasteiger partial charge < -0.3 is 19.8 Å². The van der Waals surface area contributed by atoms with Crippen LogP contribution in [-0.4, -0.2) is 41.9 Å². The number of nitrogens with zero attached hydrogens (tertiary/aromatic N) is 1. The Morgan fingerprint density at radius 2 is 2.04 bits per heavy atom. The molecule has 1 aliphatic rings. The summed E-state index contributed by atoms with van der Waals surface area (Å²) in [6.45, 7) is 4.03. The van der Waals surface area contributed by atoms with Crippen LogP contribution in [0.1, 0.15) is 36.0 Å². The number of carbonyl (C=O) groups excluding carboxylic acids is 3. The molecule has 2 aromatic rings. The summed E-state index contributed by atoms with van der Waals surface area (Å²) >= 11 is 0. The first-order valence-electron chi connectivity index (χ1n) is 9.09. The lowest BCUT2D eigenvalue weighted by atomic mass is 10.0. The molecule has 0 saturated carbocycles. The first-order chi connectivity index (χ1) is 12.9. The Bertz CT molecular complexity index is 886. The lowest BCUT2D eigenvalue weighted by Crippen LogP contribution is -2.51. The number of esters is 1. The number of piperidine rings is 1. The molecular formula is C20H24N2O5. The molecule has 1 aromatic heterocycles. The second-order valence-electron chi connectivity index (χ2n) is 6.98. The van der Waals surface area contributed by atoms with Gasteiger partial charge in [0.05, 0.1) is 12.7 Å². The summed E-state index contributed by atoms with van der Waals surface area (Å²) in [4.78, 5) is 37.4. The van der Waals surface area contributed by atoms with Crippen LogP contribution in [0.5, 0.6) is 0 Å². The van der Waals surface area contributed by atoms with E-state index in [1.165, 1.54) is 4.90 Å². The number of hydrogen-bond acceptors (Lipinski definition) is 5. The summed E-state index contributed by atoms with van der Waals surface area (Å²) in [5.74, 6) is -1.43. The van der Waals surface area contributed by atoms with Crippen molar-refractivity contribution >= 4 is 28.8 Å². The van der Waals surface area contributed by atoms with Crippen LogP contribution >= 0.6 is 0 Å². The zero-order valence-corrected chi connectivity index (χ0v) is 15.6. The Hall–Kier alpha value is -2.83. The van der Waals surface area contributed by atoms with Crippen molar-refractivity contribution in [3.05, 3.63) is 35.1 Å². The minimum Gasteiger partial charge on any atom is -0.464 e. The van der Waals surface area contributed by atoms with E-state index in [0.717, 1.165) is 40.5 Å². The third-order valence-corrected chi connectivity index (χ3v) is 5.18. The number of carbonyl (C=O) groups is 3. The molecule has 7 heteroatoms. The van der Waals surface area contributed by atoms with E-state index in [1.807, 2.05) is 26.0 Å². The molecule has 1 aliphatic heterocycles. The maximum absolute atomic E-state index is 12.3. The Morgan fingerprint density at radius 1 is 1.26 bits per heavy atom. The highest BCUT2D eigenvalue weighted by molar-refractivity contribution is 5.90. The molecule has 1 saturated heterocycles. The topological polar surface area (TPSA) is 103 Å². The maximum Gasteiger partial charge on any atom is 0.310 e. The van der Waals surface area contributed by atoms with E-state index >= 15 is 0 Å². The van der Waals surface area contributed by atoms with E-state index in [1.54, 1.807) is 6.26 Å². The van der Waals surface area contributed by atoms with Crippen LogP contribution in [0.3, 0.4) is 0 Å². The van der Waals surface area contributed by atoms with Gasteiger partial charge in [0.25, 0.3) is 5.91 Å². The highest BCUT2D eigenvalue weighted by Gasteiger charge is 2.31. The normalized spacial score (nSPS) is 17.1. The molecule has 1 aromatic carbocycles. The van der Waals surface area contributed by atoms with Crippen LogP contribution in [0.15, 0.2) is 22.8 Å². The van der Waals surface area contributed by atoms with Gasteiger partial charge in [-0.1, -0.05) is 12.1 Å². The van der Waals surface area contributed by atoms with Gasteiger partial charge in [-0.3, -0.25) is 14.4 Å². The summed E-state index contributed by atoms with van der Waals surface area (Å²) in [5, 5.41) is 0.867. The molecule has 3 rings (SSSR count). The molecule has 2 heterocycles. The quantitative estimate of drug-likeness (QED) is 0.809. The van der Waals surface area contributed by atoms with Gasteiger partial charge in [-0.15, -0.1) is 0 Å². The highest BCUT2D eigenvalue weighted by Crippen LogP contribution is 2.27. The van der Waals surface area contributed by atoms with Gasteiger partial charge >= 0.3 is 5.97 Å². The number of likely N-dealkylation sites (tertiary alicyclic amines) is 1. The minimum atomic E-state index is -0.617. The van der Waals surface area contributed by atoms with Crippen molar-refractivity contribution in [2.45, 2.75) is 45.6 Å². The number of hydrogen-bond donors (Lipinski definition) is 1. The number of aryl methyl sites for hydroxylation is 2. The van der Waals surface area contributed by atoms with Gasteiger partial charge in [0, 0.05) is 17.5 Å². The molecule has 1 atom stereocenters. The molecule has 1 fully saturated rings. The fourth-order valence-corrected chi connectivity index (χ4v) is 3.48. The first kappa shape index (κ1) is 18.9. The summed E-state index contributed by atoms with van der Waals surface area (Å²) in [7, 11) is 0. The Kier molecular flexibility index (Phi) is 5.48. The van der Waals surface area contributed by atoms with Crippen molar-refractivity contribution in [3.8, 4) is 0 Å². The zero-order valence-electron chi connectivity index (χ0n) is 15.6. The van der Waals surface area contributed by atoms with Crippen LogP contribution in [0, 0.1) is 13.8 Å². The number of nitrogens with two attached hydrogens (primary N) is 1. The van der Waals surface area contributed by atoms with Crippen LogP contribution in [0.25, 0.3) is 11.0 Å². The molecule has 27 heavy (non-hydrogen) atoms. The molecule has 0 spiro atoms. The molecule has 0 radical (unpaired) electrons. The Morgan fingerprint density at radius 3 is 2.78 bits per heavy atom. The lowest BCUT2D eigenvalue weighted by Gasteiger charge is -2.33. The van der Waals surface area contributed by atoms with E-state index < -0.39 is 30.4 Å². The standard InChI is InChI=1S/C20H24N2O5/c1-12-6-7-15-14(10-27-19(15)13(12)2)9-18(24)26-11-17(23)22-8-4-3-5-16(22)20(21)25/h6-7,10,16H,3-5,8-9,11H2,1-2H3,(H2,21,25)/t16-/m1/s1. The number of furan rings is 1. The van der Waals surface area contributed by atoms with Crippen LogP contribution in [-0.2, 0) is 25.5 Å². The van der Waals surface area contributed by atoms with Crippen molar-refractivity contribution < 1.29 is 23.5 Å². The summed E-state index contributed by atoms with van der Waals surface area (Å²) in [6, 6.07) is 3.28. The third kappa shape index (κ3) is 3.97. The van der Waals surface area contributed by atoms with E-state index in [0.29, 0.717) is 13.0 Å². The third-order valence-electron chi connectivity index (χ3n) is 5.18. The number of primary amides is 1. The molecule has 2 amide bonds. The monoisotopic (exact) mass is 372 g/mol. The smallest absolute Gasteiger partial charge is 0.310 e. The van der Waals surface area contributed by atoms with Gasteiger partial charge in [-0.05, 0) is 44.2 Å². The van der Waals surface area contributed by atoms with Crippen molar-refractivity contribution in [1.82, 2.24) is 4.90 Å². The number of fused-ring (bicyclic) bond motifs is 1. The second kappa shape index (κ2) is 7.82. The summed E-state index contributed by atoms with van der Waals surface area (Å²) < 4.78 is 10.7. The van der Waals surface area contributed by atoms with Crippen molar-refractivity contribution in [2.24, 2.45) is 5.73 Å². The van der Waals surface area contributed by atoms with Gasteiger partial charge in [0.2, 0.25) is 5.91 Å². The fraction of sp³-hybridized carbons (Fsp3) is 0.450. The van der Waals surface area contributed by atoms with Gasteiger partial charge in [-0.2, -0.15) is 0 Å². The van der Waals surface area contributed by atoms with E-state index in [-0.39, 0.29) is 6.42 Å². The van der Waals surface area contributed by atoms with Crippen molar-refractivity contribution in [2.75, 3.05) is 13.2 Å². The SMILES string of the molecule is Cc1ccc2c(CC(=O)OCC(=O)N3CCCC[C@@H]3C(N)=O)coc2c1C. The highest BCUT2D eigenvalue weighted by atomic mass is 16.5. The molecular weight excluding hydrogens is 348 g/mol. The van der Waals surface area contributed by atoms with E-state index in [4.69, 9.17) is 14.9 Å². The predicted octanol–water partition coefficient (Wildman–Crippen LogP) is 2.00. The lowest BCUT2D eigenvalue weighted by molar-refractivity contribution is -0.154. The van der Waals surface area contributed by atoms with Crippen LogP contribution < -0.4 is 5.73 Å². The van der Waals surface area contributed by atoms with Crippen molar-refractivity contribution in [3.63, 3.8) is 0 Å². The van der Waals surface area contributed by atoms with Crippen LogP contribution in [0.4, 0.5) is 0 Å². The zero-order chi connectivity index (χ0) is 19.6. The second-order valence-corrected chi connectivity index (χ2v) is 6.98. The first-order valence-corrected chi connectivity index (χ1v) is 9.09. The van der Waals surface area contributed by atoms with Crippen molar-refractivity contribution in [1.29, 1.82) is 0 Å². The van der Waals surface area contributed by atoms with Gasteiger partial charge in [0.1, 0.15) is 11.6 Å². The van der Waals surface area contributed by atoms with Gasteiger partial charge in [-0.25, -0.2) is 0 Å². The molecule has 144 valence electrons. The molecule has 0 bridgehead atoms. The number of ether oxygens (including phenoxy) is 1. The molecule has 2 N–H and O–H groups in total. The van der Waals surface area contributed by atoms with Gasteiger partial charge in [0.15, 0.2) is 6.61 Å². The summed E-state index contributed by atoms with van der Waals surface area (Å²) in [6.07, 6.45) is 3.78. The van der Waals surface area contributed by atoms with E-state index in [2.05, 4.69) is 0 Å². The van der Waals surface area contributed by atoms with Crippen LogP contribution in [0.2, 0.25) is 0 Å². The predicted molar refractivity (Wildman–Crippen MR) is 98.9 cm³/mol. The Labute approximate surface area is 157 Å². The Balaban J connectivity index is 1.61. The number of amides is 2. The molecule has 0 unspecified atom stereocenters. The minimum absolute atomic E-state index is 0.0159. The number of benzene rings is 1. The fourth-order valence-electron chi connectivity index (χ4n) is 3.48. The maximum atomic E-state index is 12.3. The van der Waals surface area contributed by atoms with E-state index in [9.17, 15) is 14.4 Å². The molecule has 0 aliphatic carbocycles. The average molecular weight is 372 g/mol. The largest absolute Gasteiger partial charge is 0.464 e.